The number of carbonyl (C=O) groups excluding carboxylic acids is 1. The summed E-state index contributed by atoms with van der Waals surface area (Å²) in [7, 11) is 0. The summed E-state index contributed by atoms with van der Waals surface area (Å²) in [6.07, 6.45) is 5.61. The van der Waals surface area contributed by atoms with Crippen molar-refractivity contribution in [3.05, 3.63) is 41.8 Å². The van der Waals surface area contributed by atoms with Crippen LogP contribution < -0.4 is 10.2 Å². The molecule has 7 nitrogen and oxygen atoms in total. The summed E-state index contributed by atoms with van der Waals surface area (Å²) in [6, 6.07) is 6.98. The molecule has 0 saturated carbocycles. The molecule has 1 aliphatic rings. The van der Waals surface area contributed by atoms with Crippen molar-refractivity contribution < 1.29 is 4.79 Å². The number of nitrogens with one attached hydrogen (secondary N) is 1. The summed E-state index contributed by atoms with van der Waals surface area (Å²) >= 11 is 5.85. The van der Waals surface area contributed by atoms with Gasteiger partial charge in [-0.1, -0.05) is 11.6 Å². The number of hydrogen-bond donors (Lipinski definition) is 1. The predicted octanol–water partition coefficient (Wildman–Crippen LogP) is 2.72. The largest absolute Gasteiger partial charge is 0.356 e. The lowest BCUT2D eigenvalue weighted by molar-refractivity contribution is -0.116. The number of carbonyl (C=O) groups is 1. The minimum atomic E-state index is -0.173. The highest BCUT2D eigenvalue weighted by Gasteiger charge is 2.19. The van der Waals surface area contributed by atoms with Crippen molar-refractivity contribution in [3.8, 4) is 0 Å². The monoisotopic (exact) mass is 356 g/mol. The number of halogens is 1. The molecule has 1 aromatic carbocycles. The number of aromatic nitrogens is 4. The topological polar surface area (TPSA) is 75.9 Å². The van der Waals surface area contributed by atoms with Crippen LogP contribution in [-0.2, 0) is 11.3 Å². The Morgan fingerprint density at radius 2 is 1.92 bits per heavy atom. The highest BCUT2D eigenvalue weighted by Crippen LogP contribution is 2.25. The lowest BCUT2D eigenvalue weighted by Gasteiger charge is -2.16. The minimum absolute atomic E-state index is 0.0859. The molecule has 0 radical (unpaired) electrons. The van der Waals surface area contributed by atoms with Gasteiger partial charge in [0.05, 0.1) is 11.6 Å². The molecule has 4 rings (SSSR count). The summed E-state index contributed by atoms with van der Waals surface area (Å²) in [5.74, 6) is 0.723. The van der Waals surface area contributed by atoms with Crippen molar-refractivity contribution >= 4 is 40.0 Å². The van der Waals surface area contributed by atoms with E-state index in [9.17, 15) is 4.79 Å². The van der Waals surface area contributed by atoms with E-state index in [2.05, 4.69) is 25.3 Å². The second-order valence-electron chi connectivity index (χ2n) is 5.99. The van der Waals surface area contributed by atoms with E-state index in [-0.39, 0.29) is 12.5 Å². The third-order valence-corrected chi connectivity index (χ3v) is 4.49. The van der Waals surface area contributed by atoms with E-state index < -0.39 is 0 Å². The third-order valence-electron chi connectivity index (χ3n) is 4.24. The molecule has 0 atom stereocenters. The average molecular weight is 357 g/mol. The lowest BCUT2D eigenvalue weighted by Crippen LogP contribution is -2.20. The van der Waals surface area contributed by atoms with Crippen molar-refractivity contribution in [2.45, 2.75) is 19.4 Å². The molecule has 3 aromatic rings. The second kappa shape index (κ2) is 6.68. The first-order valence-electron chi connectivity index (χ1n) is 8.17. The Bertz CT molecular complexity index is 901. The number of rotatable bonds is 4. The van der Waals surface area contributed by atoms with Gasteiger partial charge in [-0.05, 0) is 37.1 Å². The molecule has 0 spiro atoms. The normalized spacial score (nSPS) is 14.2. The first-order valence-corrected chi connectivity index (χ1v) is 8.55. The highest BCUT2D eigenvalue weighted by molar-refractivity contribution is 6.30. The van der Waals surface area contributed by atoms with Gasteiger partial charge in [0.2, 0.25) is 5.91 Å². The maximum atomic E-state index is 12.3. The number of fused-ring (bicyclic) bond motifs is 1. The molecular formula is C17H17ClN6O. The molecule has 25 heavy (non-hydrogen) atoms. The van der Waals surface area contributed by atoms with Crippen LogP contribution in [0.1, 0.15) is 12.8 Å². The maximum absolute atomic E-state index is 12.3. The Morgan fingerprint density at radius 1 is 1.16 bits per heavy atom. The molecule has 1 amide bonds. The Balaban J connectivity index is 1.54. The molecule has 3 heterocycles. The molecule has 1 N–H and O–H groups in total. The van der Waals surface area contributed by atoms with Gasteiger partial charge in [-0.15, -0.1) is 0 Å². The van der Waals surface area contributed by atoms with Crippen molar-refractivity contribution in [2.75, 3.05) is 23.3 Å². The summed E-state index contributed by atoms with van der Waals surface area (Å²) in [5, 5.41) is 8.66. The molecule has 0 aliphatic carbocycles. The van der Waals surface area contributed by atoms with E-state index >= 15 is 0 Å². The van der Waals surface area contributed by atoms with Gasteiger partial charge in [-0.25, -0.2) is 14.6 Å². The molecular weight excluding hydrogens is 340 g/mol. The van der Waals surface area contributed by atoms with Gasteiger partial charge in [0.1, 0.15) is 18.7 Å². The van der Waals surface area contributed by atoms with Crippen LogP contribution in [-0.4, -0.2) is 38.7 Å². The predicted molar refractivity (Wildman–Crippen MR) is 96.9 cm³/mol. The van der Waals surface area contributed by atoms with Crippen molar-refractivity contribution in [1.29, 1.82) is 0 Å². The number of nitrogens with zero attached hydrogens (tertiary/aromatic N) is 5. The van der Waals surface area contributed by atoms with Crippen molar-refractivity contribution in [2.24, 2.45) is 0 Å². The highest BCUT2D eigenvalue weighted by atomic mass is 35.5. The van der Waals surface area contributed by atoms with E-state index in [0.29, 0.717) is 16.4 Å². The van der Waals surface area contributed by atoms with Gasteiger partial charge in [-0.2, -0.15) is 5.10 Å². The zero-order valence-corrected chi connectivity index (χ0v) is 14.3. The van der Waals surface area contributed by atoms with Crippen LogP contribution in [0.2, 0.25) is 5.02 Å². The first kappa shape index (κ1) is 15.8. The zero-order valence-electron chi connectivity index (χ0n) is 13.5. The minimum Gasteiger partial charge on any atom is -0.356 e. The Morgan fingerprint density at radius 3 is 2.68 bits per heavy atom. The van der Waals surface area contributed by atoms with E-state index in [1.54, 1.807) is 35.1 Å². The zero-order chi connectivity index (χ0) is 17.2. The second-order valence-corrected chi connectivity index (χ2v) is 6.42. The lowest BCUT2D eigenvalue weighted by atomic mass is 10.3. The van der Waals surface area contributed by atoms with Gasteiger partial charge in [0.25, 0.3) is 0 Å². The number of anilines is 2. The van der Waals surface area contributed by atoms with Gasteiger partial charge in [0, 0.05) is 23.8 Å². The number of benzene rings is 1. The fourth-order valence-corrected chi connectivity index (χ4v) is 3.17. The molecule has 128 valence electrons. The molecule has 1 aliphatic heterocycles. The summed E-state index contributed by atoms with van der Waals surface area (Å²) < 4.78 is 1.60. The molecule has 1 fully saturated rings. The van der Waals surface area contributed by atoms with Gasteiger partial charge in [0.15, 0.2) is 5.65 Å². The van der Waals surface area contributed by atoms with E-state index in [0.717, 1.165) is 24.3 Å². The summed E-state index contributed by atoms with van der Waals surface area (Å²) in [6.45, 7) is 2.07. The van der Waals surface area contributed by atoms with Crippen LogP contribution in [0.3, 0.4) is 0 Å². The van der Waals surface area contributed by atoms with Crippen LogP contribution in [0.25, 0.3) is 11.0 Å². The van der Waals surface area contributed by atoms with Crippen LogP contribution in [0.5, 0.6) is 0 Å². The van der Waals surface area contributed by atoms with E-state index in [1.165, 1.54) is 19.2 Å². The third kappa shape index (κ3) is 3.28. The summed E-state index contributed by atoms with van der Waals surface area (Å²) in [4.78, 5) is 23.2. The van der Waals surface area contributed by atoms with Crippen molar-refractivity contribution in [3.63, 3.8) is 0 Å². The van der Waals surface area contributed by atoms with Gasteiger partial charge < -0.3 is 10.2 Å². The average Bonchev–Trinajstić information content (AvgIpc) is 3.27. The summed E-state index contributed by atoms with van der Waals surface area (Å²) in [5.41, 5.74) is 1.36. The smallest absolute Gasteiger partial charge is 0.246 e. The quantitative estimate of drug-likeness (QED) is 0.777. The standard InChI is InChI=1S/C17H17ClN6O/c18-12-3-5-13(6-4-12)22-15(25)10-24-17-14(9-21-24)16(19-11-20-17)23-7-1-2-8-23/h3-6,9,11H,1-2,7-8,10H2,(H,22,25). The Labute approximate surface area is 149 Å². The Hall–Kier alpha value is -2.67. The molecule has 8 heteroatoms. The number of hydrogen-bond acceptors (Lipinski definition) is 5. The molecule has 1 saturated heterocycles. The van der Waals surface area contributed by atoms with Crippen LogP contribution >= 0.6 is 11.6 Å². The number of amides is 1. The SMILES string of the molecule is O=C(Cn1ncc2c(N3CCCC3)ncnc21)Nc1ccc(Cl)cc1. The van der Waals surface area contributed by atoms with Crippen LogP contribution in [0.15, 0.2) is 36.8 Å². The van der Waals surface area contributed by atoms with Crippen molar-refractivity contribution in [1.82, 2.24) is 19.7 Å². The van der Waals surface area contributed by atoms with E-state index in [1.807, 2.05) is 0 Å². The van der Waals surface area contributed by atoms with Crippen LogP contribution in [0.4, 0.5) is 11.5 Å². The fourth-order valence-electron chi connectivity index (χ4n) is 3.05. The van der Waals surface area contributed by atoms with Gasteiger partial charge >= 0.3 is 0 Å². The van der Waals surface area contributed by atoms with E-state index in [4.69, 9.17) is 11.6 Å². The fraction of sp³-hybridized carbons (Fsp3) is 0.294. The molecule has 0 unspecified atom stereocenters. The maximum Gasteiger partial charge on any atom is 0.246 e. The van der Waals surface area contributed by atoms with Gasteiger partial charge in [-0.3, -0.25) is 4.79 Å². The Kier molecular flexibility index (Phi) is 4.23. The molecule has 2 aromatic heterocycles. The molecule has 0 bridgehead atoms. The van der Waals surface area contributed by atoms with Crippen LogP contribution in [0, 0.1) is 0 Å². The first-order chi connectivity index (χ1) is 12.2.